The van der Waals surface area contributed by atoms with Crippen molar-refractivity contribution in [3.8, 4) is 5.95 Å². The monoisotopic (exact) mass is 340 g/mol. The van der Waals surface area contributed by atoms with E-state index in [1.807, 2.05) is 0 Å². The number of rotatable bonds is 5. The molecule has 8 heteroatoms. The Hall–Kier alpha value is -3.42. The molecule has 0 amide bonds. The Kier molecular flexibility index (Phi) is 4.60. The molecule has 0 aliphatic heterocycles. The molecule has 0 spiro atoms. The lowest BCUT2D eigenvalue weighted by atomic mass is 10.0. The first-order chi connectivity index (χ1) is 12.1. The third-order valence-corrected chi connectivity index (χ3v) is 3.31. The van der Waals surface area contributed by atoms with Crippen molar-refractivity contribution < 1.29 is 18.7 Å². The zero-order chi connectivity index (χ0) is 17.8. The molecule has 0 aliphatic carbocycles. The van der Waals surface area contributed by atoms with Crippen LogP contribution in [0.2, 0.25) is 0 Å². The molecular formula is C17H13FN4O3. The van der Waals surface area contributed by atoms with E-state index in [1.165, 1.54) is 29.2 Å². The van der Waals surface area contributed by atoms with Crippen molar-refractivity contribution in [2.45, 2.75) is 6.92 Å². The van der Waals surface area contributed by atoms with Gasteiger partial charge in [-0.3, -0.25) is 4.79 Å². The third kappa shape index (κ3) is 3.42. The molecule has 0 atom stereocenters. The Morgan fingerprint density at radius 2 is 2.00 bits per heavy atom. The maximum absolute atomic E-state index is 13.1. The van der Waals surface area contributed by atoms with Gasteiger partial charge >= 0.3 is 5.97 Å². The molecule has 126 valence electrons. The van der Waals surface area contributed by atoms with Crippen molar-refractivity contribution in [3.63, 3.8) is 0 Å². The SMILES string of the molecule is CCOC(=O)c1nc(-n2cccn2)ncc1C(=O)c1ccc(F)cc1. The molecule has 0 radical (unpaired) electrons. The van der Waals surface area contributed by atoms with E-state index < -0.39 is 17.6 Å². The Labute approximate surface area is 142 Å². The highest BCUT2D eigenvalue weighted by Gasteiger charge is 2.23. The lowest BCUT2D eigenvalue weighted by Crippen LogP contribution is -2.18. The lowest BCUT2D eigenvalue weighted by Gasteiger charge is -2.09. The second-order valence-corrected chi connectivity index (χ2v) is 4.94. The van der Waals surface area contributed by atoms with Gasteiger partial charge in [0.25, 0.3) is 5.95 Å². The minimum Gasteiger partial charge on any atom is -0.461 e. The molecule has 2 heterocycles. The van der Waals surface area contributed by atoms with Crippen LogP contribution in [0.3, 0.4) is 0 Å². The Morgan fingerprint density at radius 1 is 1.24 bits per heavy atom. The second kappa shape index (κ2) is 7.00. The maximum Gasteiger partial charge on any atom is 0.357 e. The Balaban J connectivity index is 2.06. The summed E-state index contributed by atoms with van der Waals surface area (Å²) >= 11 is 0. The van der Waals surface area contributed by atoms with Crippen molar-refractivity contribution in [2.75, 3.05) is 6.61 Å². The van der Waals surface area contributed by atoms with Crippen LogP contribution in [0.15, 0.2) is 48.9 Å². The number of halogens is 1. The predicted molar refractivity (Wildman–Crippen MR) is 84.9 cm³/mol. The van der Waals surface area contributed by atoms with Gasteiger partial charge in [-0.1, -0.05) is 0 Å². The quantitative estimate of drug-likeness (QED) is 0.523. The molecule has 0 unspecified atom stereocenters. The number of hydrogen-bond donors (Lipinski definition) is 0. The Bertz CT molecular complexity index is 908. The summed E-state index contributed by atoms with van der Waals surface area (Å²) in [6, 6.07) is 6.65. The van der Waals surface area contributed by atoms with Gasteiger partial charge < -0.3 is 4.74 Å². The molecule has 7 nitrogen and oxygen atoms in total. The Morgan fingerprint density at radius 3 is 2.64 bits per heavy atom. The molecule has 3 rings (SSSR count). The standard InChI is InChI=1S/C17H13FN4O3/c1-2-25-16(24)14-13(15(23)11-4-6-12(18)7-5-11)10-19-17(21-14)22-9-3-8-20-22/h3-10H,2H2,1H3. The fourth-order valence-electron chi connectivity index (χ4n) is 2.15. The summed E-state index contributed by atoms with van der Waals surface area (Å²) in [5.74, 6) is -1.59. The zero-order valence-electron chi connectivity index (χ0n) is 13.2. The molecule has 0 fully saturated rings. The summed E-state index contributed by atoms with van der Waals surface area (Å²) < 4.78 is 19.4. The van der Waals surface area contributed by atoms with E-state index in [4.69, 9.17) is 4.74 Å². The number of carbonyl (C=O) groups is 2. The first kappa shape index (κ1) is 16.4. The van der Waals surface area contributed by atoms with Crippen LogP contribution < -0.4 is 0 Å². The van der Waals surface area contributed by atoms with Gasteiger partial charge in [-0.15, -0.1) is 0 Å². The minimum absolute atomic E-state index is 0.0269. The first-order valence-corrected chi connectivity index (χ1v) is 7.44. The van der Waals surface area contributed by atoms with E-state index in [2.05, 4.69) is 15.1 Å². The van der Waals surface area contributed by atoms with Gasteiger partial charge in [-0.25, -0.2) is 23.8 Å². The highest BCUT2D eigenvalue weighted by molar-refractivity contribution is 6.13. The van der Waals surface area contributed by atoms with E-state index in [-0.39, 0.29) is 29.4 Å². The summed E-state index contributed by atoms with van der Waals surface area (Å²) in [6.07, 6.45) is 4.37. The second-order valence-electron chi connectivity index (χ2n) is 4.94. The summed E-state index contributed by atoms with van der Waals surface area (Å²) in [5.41, 5.74) is 0.0139. The zero-order valence-corrected chi connectivity index (χ0v) is 13.2. The molecule has 1 aromatic carbocycles. The van der Waals surface area contributed by atoms with Crippen LogP contribution in [0, 0.1) is 5.82 Å². The average molecular weight is 340 g/mol. The predicted octanol–water partition coefficient (Wildman–Crippen LogP) is 2.21. The number of ether oxygens (including phenoxy) is 1. The molecule has 0 bridgehead atoms. The molecule has 0 aliphatic rings. The number of carbonyl (C=O) groups excluding carboxylic acids is 2. The van der Waals surface area contributed by atoms with E-state index >= 15 is 0 Å². The molecule has 3 aromatic rings. The van der Waals surface area contributed by atoms with Crippen molar-refractivity contribution in [3.05, 3.63) is 71.6 Å². The van der Waals surface area contributed by atoms with Gasteiger partial charge in [0.05, 0.1) is 12.2 Å². The number of aromatic nitrogens is 4. The molecule has 25 heavy (non-hydrogen) atoms. The molecule has 0 N–H and O–H groups in total. The third-order valence-electron chi connectivity index (χ3n) is 3.31. The number of benzene rings is 1. The highest BCUT2D eigenvalue weighted by Crippen LogP contribution is 2.15. The van der Waals surface area contributed by atoms with E-state index in [1.54, 1.807) is 19.2 Å². The largest absolute Gasteiger partial charge is 0.461 e. The van der Waals surface area contributed by atoms with Gasteiger partial charge in [0.2, 0.25) is 0 Å². The van der Waals surface area contributed by atoms with Crippen LogP contribution in [0.1, 0.15) is 33.3 Å². The van der Waals surface area contributed by atoms with Gasteiger partial charge in [0.1, 0.15) is 5.82 Å². The fourth-order valence-corrected chi connectivity index (χ4v) is 2.15. The first-order valence-electron chi connectivity index (χ1n) is 7.44. The van der Waals surface area contributed by atoms with Crippen molar-refractivity contribution in [1.82, 2.24) is 19.7 Å². The van der Waals surface area contributed by atoms with E-state index in [0.717, 1.165) is 12.1 Å². The van der Waals surface area contributed by atoms with Crippen LogP contribution in [-0.4, -0.2) is 38.1 Å². The number of ketones is 1. The number of nitrogens with zero attached hydrogens (tertiary/aromatic N) is 4. The van der Waals surface area contributed by atoms with E-state index in [0.29, 0.717) is 0 Å². The molecular weight excluding hydrogens is 327 g/mol. The van der Waals surface area contributed by atoms with Gasteiger partial charge in [-0.2, -0.15) is 5.10 Å². The van der Waals surface area contributed by atoms with Gasteiger partial charge in [0.15, 0.2) is 11.5 Å². The van der Waals surface area contributed by atoms with Gasteiger partial charge in [0, 0.05) is 24.2 Å². The van der Waals surface area contributed by atoms with Crippen LogP contribution in [0.5, 0.6) is 0 Å². The van der Waals surface area contributed by atoms with Crippen molar-refractivity contribution in [2.24, 2.45) is 0 Å². The smallest absolute Gasteiger partial charge is 0.357 e. The summed E-state index contributed by atoms with van der Waals surface area (Å²) in [4.78, 5) is 33.1. The fraction of sp³-hybridized carbons (Fsp3) is 0.118. The maximum atomic E-state index is 13.1. The lowest BCUT2D eigenvalue weighted by molar-refractivity contribution is 0.0516. The van der Waals surface area contributed by atoms with Crippen LogP contribution in [0.4, 0.5) is 4.39 Å². The number of hydrogen-bond acceptors (Lipinski definition) is 6. The topological polar surface area (TPSA) is 87.0 Å². The highest BCUT2D eigenvalue weighted by atomic mass is 19.1. The molecule has 0 saturated heterocycles. The normalized spacial score (nSPS) is 10.5. The van der Waals surface area contributed by atoms with Gasteiger partial charge in [-0.05, 0) is 37.3 Å². The van der Waals surface area contributed by atoms with Crippen LogP contribution >= 0.6 is 0 Å². The van der Waals surface area contributed by atoms with Crippen LogP contribution in [0.25, 0.3) is 5.95 Å². The van der Waals surface area contributed by atoms with Crippen molar-refractivity contribution in [1.29, 1.82) is 0 Å². The van der Waals surface area contributed by atoms with E-state index in [9.17, 15) is 14.0 Å². The van der Waals surface area contributed by atoms with Crippen molar-refractivity contribution >= 4 is 11.8 Å². The minimum atomic E-state index is -0.747. The number of esters is 1. The average Bonchev–Trinajstić information content (AvgIpc) is 3.16. The molecule has 0 saturated carbocycles. The summed E-state index contributed by atoms with van der Waals surface area (Å²) in [5, 5.41) is 3.99. The molecule has 2 aromatic heterocycles. The van der Waals surface area contributed by atoms with Crippen LogP contribution in [-0.2, 0) is 4.74 Å². The summed E-state index contributed by atoms with van der Waals surface area (Å²) in [7, 11) is 0. The summed E-state index contributed by atoms with van der Waals surface area (Å²) in [6.45, 7) is 1.78.